The van der Waals surface area contributed by atoms with Gasteiger partial charge in [-0.05, 0) is 24.3 Å². The van der Waals surface area contributed by atoms with E-state index in [9.17, 15) is 4.79 Å². The maximum Gasteiger partial charge on any atom is 0.213 e. The first-order valence-corrected chi connectivity index (χ1v) is 3.68. The minimum absolute atomic E-state index is 0.720. The normalized spacial score (nSPS) is 9.00. The molecule has 0 aliphatic heterocycles. The van der Waals surface area contributed by atoms with E-state index in [1.165, 1.54) is 4.90 Å². The van der Waals surface area contributed by atoms with Crippen LogP contribution in [-0.2, 0) is 4.79 Å². The predicted octanol–water partition coefficient (Wildman–Crippen LogP) is 1.64. The van der Waals surface area contributed by atoms with Crippen LogP contribution >= 0.6 is 0 Å². The van der Waals surface area contributed by atoms with Crippen molar-refractivity contribution in [3.8, 4) is 0 Å². The predicted molar refractivity (Wildman–Crippen MR) is 49.7 cm³/mol. The number of anilines is 2. The highest BCUT2D eigenvalue weighted by molar-refractivity contribution is 5.74. The van der Waals surface area contributed by atoms with Crippen molar-refractivity contribution in [3.05, 3.63) is 24.3 Å². The van der Waals surface area contributed by atoms with E-state index in [4.69, 9.17) is 5.53 Å². The van der Waals surface area contributed by atoms with Gasteiger partial charge in [-0.25, -0.2) is 0 Å². The Bertz CT molecular complexity index is 296. The summed E-state index contributed by atoms with van der Waals surface area (Å²) in [4.78, 5) is 11.8. The molecular weight excluding hydrogens is 168 g/mol. The van der Waals surface area contributed by atoms with Crippen molar-refractivity contribution >= 4 is 17.8 Å². The summed E-state index contributed by atoms with van der Waals surface area (Å²) in [5, 5.41) is 3.02. The van der Waals surface area contributed by atoms with Gasteiger partial charge >= 0.3 is 0 Å². The molecule has 0 atom stereocenters. The first kappa shape index (κ1) is 9.18. The highest BCUT2D eigenvalue weighted by atomic mass is 16.1. The van der Waals surface area contributed by atoms with E-state index in [2.05, 4.69) is 10.6 Å². The lowest BCUT2D eigenvalue weighted by molar-refractivity contribution is -0.107. The Morgan fingerprint density at radius 2 is 2.08 bits per heavy atom. The molecule has 0 radical (unpaired) electrons. The quantitative estimate of drug-likeness (QED) is 0.418. The molecule has 0 fully saturated rings. The lowest BCUT2D eigenvalue weighted by Crippen LogP contribution is -2.13. The lowest BCUT2D eigenvalue weighted by Gasteiger charge is -2.10. The molecule has 0 aromatic heterocycles. The Labute approximate surface area is 75.8 Å². The molecule has 1 aromatic carbocycles. The Kier molecular flexibility index (Phi) is 2.97. The van der Waals surface area contributed by atoms with Crippen LogP contribution in [0.25, 0.3) is 0 Å². The molecule has 1 amide bonds. The molecule has 5 nitrogen and oxygen atoms in total. The fraction of sp³-hybridized carbons (Fsp3) is 0.125. The molecule has 0 aliphatic rings. The fourth-order valence-electron chi connectivity index (χ4n) is 0.897. The number of amides is 1. The van der Waals surface area contributed by atoms with Crippen LogP contribution in [0.15, 0.2) is 29.5 Å². The van der Waals surface area contributed by atoms with Crippen LogP contribution in [-0.4, -0.2) is 13.5 Å². The zero-order valence-corrected chi connectivity index (χ0v) is 7.19. The highest BCUT2D eigenvalue weighted by Gasteiger charge is 1.97. The Morgan fingerprint density at radius 1 is 1.46 bits per heavy atom. The van der Waals surface area contributed by atoms with Crippen LogP contribution in [0, 0.1) is 5.53 Å². The number of hydrogen-bond acceptors (Lipinski definition) is 3. The molecule has 0 bridgehead atoms. The topological polar surface area (TPSA) is 68.6 Å². The molecule has 0 spiro atoms. The average molecular weight is 178 g/mol. The SMILES string of the molecule is CN(C=O)c1ccc(NN=N)cc1. The van der Waals surface area contributed by atoms with Crippen LogP contribution in [0.2, 0.25) is 0 Å². The van der Waals surface area contributed by atoms with E-state index < -0.39 is 0 Å². The van der Waals surface area contributed by atoms with E-state index in [0.717, 1.165) is 17.8 Å². The smallest absolute Gasteiger partial charge is 0.213 e. The number of benzene rings is 1. The van der Waals surface area contributed by atoms with Crippen LogP contribution in [0.5, 0.6) is 0 Å². The zero-order chi connectivity index (χ0) is 9.68. The minimum atomic E-state index is 0.720. The van der Waals surface area contributed by atoms with E-state index >= 15 is 0 Å². The molecular formula is C8H10N4O. The second kappa shape index (κ2) is 4.20. The summed E-state index contributed by atoms with van der Waals surface area (Å²) < 4.78 is 0. The lowest BCUT2D eigenvalue weighted by atomic mass is 10.3. The van der Waals surface area contributed by atoms with E-state index in [1.54, 1.807) is 31.3 Å². The van der Waals surface area contributed by atoms with Gasteiger partial charge in [-0.3, -0.25) is 10.2 Å². The van der Waals surface area contributed by atoms with Crippen LogP contribution < -0.4 is 10.3 Å². The summed E-state index contributed by atoms with van der Waals surface area (Å²) in [7, 11) is 1.67. The summed E-state index contributed by atoms with van der Waals surface area (Å²) >= 11 is 0. The van der Waals surface area contributed by atoms with Crippen molar-refractivity contribution in [2.24, 2.45) is 5.22 Å². The number of carbonyl (C=O) groups is 1. The maximum absolute atomic E-state index is 10.4. The molecule has 0 aliphatic carbocycles. The first-order valence-electron chi connectivity index (χ1n) is 3.68. The Hall–Kier alpha value is -1.91. The number of nitrogens with zero attached hydrogens (tertiary/aromatic N) is 2. The van der Waals surface area contributed by atoms with Gasteiger partial charge in [0.2, 0.25) is 6.41 Å². The second-order valence-electron chi connectivity index (χ2n) is 2.49. The van der Waals surface area contributed by atoms with Gasteiger partial charge in [0.15, 0.2) is 0 Å². The van der Waals surface area contributed by atoms with Gasteiger partial charge in [0, 0.05) is 12.7 Å². The third-order valence-corrected chi connectivity index (χ3v) is 1.62. The summed E-state index contributed by atoms with van der Waals surface area (Å²) in [6.07, 6.45) is 0.733. The van der Waals surface area contributed by atoms with E-state index in [-0.39, 0.29) is 0 Å². The van der Waals surface area contributed by atoms with Crippen LogP contribution in [0.3, 0.4) is 0 Å². The molecule has 5 heteroatoms. The maximum atomic E-state index is 10.4. The van der Waals surface area contributed by atoms with E-state index in [0.29, 0.717) is 0 Å². The van der Waals surface area contributed by atoms with E-state index in [1.807, 2.05) is 0 Å². The monoisotopic (exact) mass is 178 g/mol. The molecule has 0 saturated heterocycles. The highest BCUT2D eigenvalue weighted by Crippen LogP contribution is 2.15. The molecule has 13 heavy (non-hydrogen) atoms. The number of carbonyl (C=O) groups excluding carboxylic acids is 1. The largest absolute Gasteiger partial charge is 0.318 e. The fourth-order valence-corrected chi connectivity index (χ4v) is 0.897. The molecule has 1 aromatic rings. The van der Waals surface area contributed by atoms with Crippen molar-refractivity contribution < 1.29 is 4.79 Å². The summed E-state index contributed by atoms with van der Waals surface area (Å²) in [5.74, 6) is 0. The Balaban J connectivity index is 2.80. The number of hydrogen-bond donors (Lipinski definition) is 2. The molecule has 1 rings (SSSR count). The standard InChI is InChI=1S/C8H10N4O/c1-12(6-13)8-4-2-7(3-5-8)10-11-9/h2-6H,1H3,(H2,9,10). The van der Waals surface area contributed by atoms with Gasteiger partial charge in [-0.15, -0.1) is 0 Å². The average Bonchev–Trinajstić information content (AvgIpc) is 2.18. The van der Waals surface area contributed by atoms with Gasteiger partial charge in [0.05, 0.1) is 5.69 Å². The van der Waals surface area contributed by atoms with Gasteiger partial charge in [-0.2, -0.15) is 5.53 Å². The number of rotatable bonds is 4. The summed E-state index contributed by atoms with van der Waals surface area (Å²) in [6, 6.07) is 7.02. The van der Waals surface area contributed by atoms with Crippen molar-refractivity contribution in [1.29, 1.82) is 5.53 Å². The molecule has 2 N–H and O–H groups in total. The van der Waals surface area contributed by atoms with Crippen LogP contribution in [0.1, 0.15) is 0 Å². The van der Waals surface area contributed by atoms with Gasteiger partial charge in [-0.1, -0.05) is 5.22 Å². The van der Waals surface area contributed by atoms with Crippen molar-refractivity contribution in [3.63, 3.8) is 0 Å². The first-order chi connectivity index (χ1) is 6.27. The molecule has 0 heterocycles. The van der Waals surface area contributed by atoms with Crippen molar-refractivity contribution in [2.45, 2.75) is 0 Å². The third-order valence-electron chi connectivity index (χ3n) is 1.62. The van der Waals surface area contributed by atoms with Gasteiger partial charge in [0.25, 0.3) is 0 Å². The third kappa shape index (κ3) is 2.26. The molecule has 0 unspecified atom stereocenters. The minimum Gasteiger partial charge on any atom is -0.318 e. The molecule has 68 valence electrons. The molecule has 0 saturated carbocycles. The van der Waals surface area contributed by atoms with Crippen molar-refractivity contribution in [2.75, 3.05) is 17.4 Å². The van der Waals surface area contributed by atoms with Gasteiger partial charge < -0.3 is 4.90 Å². The van der Waals surface area contributed by atoms with Crippen LogP contribution in [0.4, 0.5) is 11.4 Å². The Morgan fingerprint density at radius 3 is 2.54 bits per heavy atom. The number of nitrogens with one attached hydrogen (secondary N) is 2. The summed E-state index contributed by atoms with van der Waals surface area (Å²) in [5.41, 5.74) is 10.6. The van der Waals surface area contributed by atoms with Crippen molar-refractivity contribution in [1.82, 2.24) is 0 Å². The zero-order valence-electron chi connectivity index (χ0n) is 7.19. The summed E-state index contributed by atoms with van der Waals surface area (Å²) in [6.45, 7) is 0. The van der Waals surface area contributed by atoms with Gasteiger partial charge in [0.1, 0.15) is 0 Å². The second-order valence-corrected chi connectivity index (χ2v) is 2.49.